The van der Waals surface area contributed by atoms with Crippen LogP contribution in [0.5, 0.6) is 0 Å². The number of hydrogen-bond donors (Lipinski definition) is 1. The van der Waals surface area contributed by atoms with E-state index in [1.165, 1.54) is 5.52 Å². The van der Waals surface area contributed by atoms with Gasteiger partial charge in [-0.3, -0.25) is 4.98 Å². The van der Waals surface area contributed by atoms with Crippen LogP contribution in [0.1, 0.15) is 11.7 Å². The molecule has 1 aliphatic rings. The molecule has 1 fully saturated rings. The van der Waals surface area contributed by atoms with Crippen molar-refractivity contribution in [2.45, 2.75) is 13.0 Å². The summed E-state index contributed by atoms with van der Waals surface area (Å²) in [5, 5.41) is 3.26. The average molecular weight is 188 g/mol. The van der Waals surface area contributed by atoms with Crippen molar-refractivity contribution < 1.29 is 0 Å². The van der Waals surface area contributed by atoms with E-state index in [-0.39, 0.29) is 0 Å². The van der Waals surface area contributed by atoms with Gasteiger partial charge in [0.05, 0.1) is 24.1 Å². The van der Waals surface area contributed by atoms with Crippen LogP contribution in [-0.2, 0) is 0 Å². The molecule has 0 bridgehead atoms. The topological polar surface area (TPSA) is 42.7 Å². The molecule has 3 heterocycles. The molecule has 0 atom stereocenters. The van der Waals surface area contributed by atoms with Crippen molar-refractivity contribution in [1.29, 1.82) is 0 Å². The minimum absolute atomic E-state index is 0.571. The molecule has 1 aliphatic heterocycles. The molecule has 0 aromatic carbocycles. The van der Waals surface area contributed by atoms with Gasteiger partial charge in [-0.1, -0.05) is 0 Å². The lowest BCUT2D eigenvalue weighted by molar-refractivity contribution is 0.350. The average Bonchev–Trinajstić information content (AvgIpc) is 2.46. The first-order chi connectivity index (χ1) is 6.84. The molecule has 4 heteroatoms. The molecular weight excluding hydrogens is 176 g/mol. The highest BCUT2D eigenvalue weighted by Crippen LogP contribution is 2.19. The number of imidazole rings is 1. The number of pyridine rings is 1. The second-order valence-electron chi connectivity index (χ2n) is 3.78. The summed E-state index contributed by atoms with van der Waals surface area (Å²) in [6.07, 6.45) is 3.75. The van der Waals surface area contributed by atoms with Crippen molar-refractivity contribution in [3.63, 3.8) is 0 Å². The summed E-state index contributed by atoms with van der Waals surface area (Å²) in [6, 6.07) is 2.67. The van der Waals surface area contributed by atoms with Gasteiger partial charge in [0.15, 0.2) is 0 Å². The Labute approximate surface area is 82.0 Å². The summed E-state index contributed by atoms with van der Waals surface area (Å²) < 4.78 is 2.24. The second kappa shape index (κ2) is 2.78. The number of rotatable bonds is 1. The van der Waals surface area contributed by atoms with Crippen LogP contribution in [0.2, 0.25) is 0 Å². The molecule has 0 radical (unpaired) electrons. The highest BCUT2D eigenvalue weighted by molar-refractivity contribution is 5.74. The van der Waals surface area contributed by atoms with Gasteiger partial charge in [-0.25, -0.2) is 4.98 Å². The molecule has 72 valence electrons. The lowest BCUT2D eigenvalue weighted by atomic mass is 10.2. The molecule has 1 N–H and O–H groups in total. The van der Waals surface area contributed by atoms with E-state index in [1.807, 2.05) is 19.4 Å². The van der Waals surface area contributed by atoms with Gasteiger partial charge in [-0.15, -0.1) is 0 Å². The zero-order chi connectivity index (χ0) is 9.54. The number of aromatic nitrogens is 3. The van der Waals surface area contributed by atoms with Crippen molar-refractivity contribution in [1.82, 2.24) is 19.9 Å². The van der Waals surface area contributed by atoms with Gasteiger partial charge in [0, 0.05) is 18.8 Å². The normalized spacial score (nSPS) is 17.2. The van der Waals surface area contributed by atoms with Crippen LogP contribution in [0.4, 0.5) is 0 Å². The molecule has 0 amide bonds. The highest BCUT2D eigenvalue weighted by atomic mass is 15.2. The van der Waals surface area contributed by atoms with Gasteiger partial charge in [0.2, 0.25) is 0 Å². The lowest BCUT2D eigenvalue weighted by Gasteiger charge is -2.28. The first-order valence-corrected chi connectivity index (χ1v) is 4.84. The number of nitrogens with zero attached hydrogens (tertiary/aromatic N) is 3. The summed E-state index contributed by atoms with van der Waals surface area (Å²) in [5.74, 6) is 0. The standard InChI is InChI=1S/C10H12N4/c1-7-2-10-9(5-12-7)13-6-14(10)8-3-11-4-8/h2,5-6,8,11H,3-4H2,1H3. The van der Waals surface area contributed by atoms with Gasteiger partial charge < -0.3 is 9.88 Å². The van der Waals surface area contributed by atoms with E-state index in [0.29, 0.717) is 6.04 Å². The molecule has 0 aliphatic carbocycles. The van der Waals surface area contributed by atoms with E-state index in [4.69, 9.17) is 0 Å². The molecule has 0 spiro atoms. The van der Waals surface area contributed by atoms with Crippen LogP contribution < -0.4 is 5.32 Å². The molecule has 1 saturated heterocycles. The van der Waals surface area contributed by atoms with E-state index in [0.717, 1.165) is 24.3 Å². The summed E-state index contributed by atoms with van der Waals surface area (Å²) in [4.78, 5) is 8.57. The number of nitrogens with one attached hydrogen (secondary N) is 1. The minimum atomic E-state index is 0.571. The Kier molecular flexibility index (Phi) is 1.58. The fourth-order valence-corrected chi connectivity index (χ4v) is 1.79. The SMILES string of the molecule is Cc1cc2c(cn1)ncn2C1CNC1. The fourth-order valence-electron chi connectivity index (χ4n) is 1.79. The van der Waals surface area contributed by atoms with E-state index >= 15 is 0 Å². The summed E-state index contributed by atoms with van der Waals surface area (Å²) in [7, 11) is 0. The first-order valence-electron chi connectivity index (χ1n) is 4.84. The first kappa shape index (κ1) is 7.94. The Balaban J connectivity index is 2.18. The molecule has 2 aromatic rings. The van der Waals surface area contributed by atoms with Gasteiger partial charge in [0.25, 0.3) is 0 Å². The van der Waals surface area contributed by atoms with E-state index in [1.54, 1.807) is 0 Å². The maximum absolute atomic E-state index is 4.34. The summed E-state index contributed by atoms with van der Waals surface area (Å²) in [6.45, 7) is 4.11. The zero-order valence-electron chi connectivity index (χ0n) is 8.07. The summed E-state index contributed by atoms with van der Waals surface area (Å²) >= 11 is 0. The Hall–Kier alpha value is -1.42. The van der Waals surface area contributed by atoms with Gasteiger partial charge in [0.1, 0.15) is 5.52 Å². The van der Waals surface area contributed by atoms with Crippen molar-refractivity contribution in [3.8, 4) is 0 Å². The van der Waals surface area contributed by atoms with E-state index in [9.17, 15) is 0 Å². The van der Waals surface area contributed by atoms with Gasteiger partial charge in [-0.2, -0.15) is 0 Å². The van der Waals surface area contributed by atoms with E-state index < -0.39 is 0 Å². The third-order valence-electron chi connectivity index (χ3n) is 2.75. The van der Waals surface area contributed by atoms with Crippen molar-refractivity contribution in [2.24, 2.45) is 0 Å². The van der Waals surface area contributed by atoms with Crippen LogP contribution in [-0.4, -0.2) is 27.6 Å². The van der Waals surface area contributed by atoms with E-state index in [2.05, 4.69) is 25.9 Å². The van der Waals surface area contributed by atoms with Crippen molar-refractivity contribution in [2.75, 3.05) is 13.1 Å². The molecule has 14 heavy (non-hydrogen) atoms. The predicted octanol–water partition coefficient (Wildman–Crippen LogP) is 0.884. The number of fused-ring (bicyclic) bond motifs is 1. The smallest absolute Gasteiger partial charge is 0.107 e. The van der Waals surface area contributed by atoms with Crippen LogP contribution in [0.25, 0.3) is 11.0 Å². The van der Waals surface area contributed by atoms with Crippen LogP contribution in [0.3, 0.4) is 0 Å². The minimum Gasteiger partial charge on any atom is -0.325 e. The fraction of sp³-hybridized carbons (Fsp3) is 0.400. The highest BCUT2D eigenvalue weighted by Gasteiger charge is 2.20. The van der Waals surface area contributed by atoms with Crippen molar-refractivity contribution >= 4 is 11.0 Å². The van der Waals surface area contributed by atoms with Crippen LogP contribution in [0, 0.1) is 6.92 Å². The number of hydrogen-bond acceptors (Lipinski definition) is 3. The van der Waals surface area contributed by atoms with Crippen LogP contribution in [0.15, 0.2) is 18.6 Å². The zero-order valence-corrected chi connectivity index (χ0v) is 8.07. The molecule has 0 unspecified atom stereocenters. The molecule has 0 saturated carbocycles. The lowest BCUT2D eigenvalue weighted by Crippen LogP contribution is -2.43. The van der Waals surface area contributed by atoms with Crippen molar-refractivity contribution in [3.05, 3.63) is 24.3 Å². The summed E-state index contributed by atoms with van der Waals surface area (Å²) in [5.41, 5.74) is 3.23. The maximum atomic E-state index is 4.34. The molecule has 2 aromatic heterocycles. The quantitative estimate of drug-likeness (QED) is 0.722. The molecular formula is C10H12N4. The van der Waals surface area contributed by atoms with Crippen LogP contribution >= 0.6 is 0 Å². The monoisotopic (exact) mass is 188 g/mol. The largest absolute Gasteiger partial charge is 0.325 e. The predicted molar refractivity (Wildman–Crippen MR) is 54.2 cm³/mol. The Morgan fingerprint density at radius 2 is 2.29 bits per heavy atom. The third-order valence-corrected chi connectivity index (χ3v) is 2.75. The Morgan fingerprint density at radius 1 is 1.43 bits per heavy atom. The Morgan fingerprint density at radius 3 is 3.00 bits per heavy atom. The maximum Gasteiger partial charge on any atom is 0.107 e. The second-order valence-corrected chi connectivity index (χ2v) is 3.78. The Bertz CT molecular complexity index is 470. The third kappa shape index (κ3) is 1.04. The number of aryl methyl sites for hydroxylation is 1. The van der Waals surface area contributed by atoms with Gasteiger partial charge in [-0.05, 0) is 13.0 Å². The molecule has 4 nitrogen and oxygen atoms in total. The van der Waals surface area contributed by atoms with Gasteiger partial charge >= 0.3 is 0 Å². The molecule has 3 rings (SSSR count).